The van der Waals surface area contributed by atoms with E-state index in [4.69, 9.17) is 10.3 Å². The van der Waals surface area contributed by atoms with Gasteiger partial charge in [0.2, 0.25) is 0 Å². The van der Waals surface area contributed by atoms with Gasteiger partial charge in [-0.25, -0.2) is 0 Å². The molecule has 0 aliphatic carbocycles. The van der Waals surface area contributed by atoms with Crippen molar-refractivity contribution < 1.29 is 9.53 Å². The molecule has 1 heterocycles. The van der Waals surface area contributed by atoms with Crippen molar-refractivity contribution in [3.63, 3.8) is 0 Å². The van der Waals surface area contributed by atoms with Crippen LogP contribution >= 0.6 is 22.6 Å². The van der Waals surface area contributed by atoms with Gasteiger partial charge in [0.05, 0.1) is 13.0 Å². The van der Waals surface area contributed by atoms with Crippen molar-refractivity contribution in [3.8, 4) is 0 Å². The molecule has 28 heavy (non-hydrogen) atoms. The van der Waals surface area contributed by atoms with Crippen LogP contribution in [0.25, 0.3) is 10.4 Å². The SMILES string of the molecule is COC(=O)[C@H](c1ccc([125I])cc1)[C@@H]1CCCCN1Cc1ccc(N=[N+]=[N-])cc1. The fourth-order valence-corrected chi connectivity index (χ4v) is 4.22. The summed E-state index contributed by atoms with van der Waals surface area (Å²) < 4.78 is 6.32. The Morgan fingerprint density at radius 1 is 1.25 bits per heavy atom. The van der Waals surface area contributed by atoms with Crippen LogP contribution in [0.1, 0.15) is 36.3 Å². The number of esters is 1. The second kappa shape index (κ2) is 9.91. The van der Waals surface area contributed by atoms with Gasteiger partial charge in [-0.15, -0.1) is 0 Å². The largest absolute Gasteiger partial charge is 0.469 e. The van der Waals surface area contributed by atoms with Crippen LogP contribution in [-0.2, 0) is 16.1 Å². The molecule has 0 aromatic heterocycles. The first-order chi connectivity index (χ1) is 13.6. The number of methoxy groups -OCH3 is 1. The van der Waals surface area contributed by atoms with Crippen LogP contribution in [0, 0.1) is 3.57 Å². The number of hydrogen-bond donors (Lipinski definition) is 0. The van der Waals surface area contributed by atoms with Crippen LogP contribution in [0.4, 0.5) is 5.69 Å². The molecule has 0 saturated carbocycles. The average Bonchev–Trinajstić information content (AvgIpc) is 2.72. The molecule has 1 aliphatic heterocycles. The lowest BCUT2D eigenvalue weighted by Gasteiger charge is -2.39. The number of halogens is 1. The number of ether oxygens (including phenoxy) is 1. The van der Waals surface area contributed by atoms with Gasteiger partial charge in [0.25, 0.3) is 0 Å². The second-order valence-corrected chi connectivity index (χ2v) is 8.19. The second-order valence-electron chi connectivity index (χ2n) is 6.94. The number of carbonyl (C=O) groups excluding carboxylic acids is 1. The first kappa shape index (κ1) is 20.6. The lowest BCUT2D eigenvalue weighted by molar-refractivity contribution is -0.144. The topological polar surface area (TPSA) is 78.3 Å². The molecule has 2 aromatic carbocycles. The summed E-state index contributed by atoms with van der Waals surface area (Å²) in [5.41, 5.74) is 11.3. The van der Waals surface area contributed by atoms with Crippen LogP contribution in [0.3, 0.4) is 0 Å². The van der Waals surface area contributed by atoms with Crippen molar-refractivity contribution in [1.29, 1.82) is 0 Å². The van der Waals surface area contributed by atoms with Crippen LogP contribution in [0.15, 0.2) is 53.6 Å². The normalized spacial score (nSPS) is 18.1. The van der Waals surface area contributed by atoms with Crippen LogP contribution < -0.4 is 0 Å². The summed E-state index contributed by atoms with van der Waals surface area (Å²) in [5.74, 6) is -0.485. The Bertz CT molecular complexity index is 848. The Kier molecular flexibility index (Phi) is 7.30. The van der Waals surface area contributed by atoms with E-state index in [1.165, 1.54) is 7.11 Å². The summed E-state index contributed by atoms with van der Waals surface area (Å²) >= 11 is 2.27. The van der Waals surface area contributed by atoms with Gasteiger partial charge in [-0.05, 0) is 70.8 Å². The van der Waals surface area contributed by atoms with Gasteiger partial charge in [-0.2, -0.15) is 0 Å². The summed E-state index contributed by atoms with van der Waals surface area (Å²) in [6, 6.07) is 15.8. The number of likely N-dealkylation sites (tertiary alicyclic amines) is 1. The van der Waals surface area contributed by atoms with Gasteiger partial charge in [-0.3, -0.25) is 9.69 Å². The van der Waals surface area contributed by atoms with E-state index in [2.05, 4.69) is 37.5 Å². The maximum Gasteiger partial charge on any atom is 0.314 e. The van der Waals surface area contributed by atoms with E-state index >= 15 is 0 Å². The number of benzene rings is 2. The number of carbonyl (C=O) groups is 1. The first-order valence-electron chi connectivity index (χ1n) is 9.33. The Labute approximate surface area is 178 Å². The average molecular weight is 488 g/mol. The van der Waals surface area contributed by atoms with Gasteiger partial charge in [0.15, 0.2) is 0 Å². The van der Waals surface area contributed by atoms with Gasteiger partial charge < -0.3 is 4.74 Å². The third kappa shape index (κ3) is 5.04. The Morgan fingerprint density at radius 3 is 2.61 bits per heavy atom. The van der Waals surface area contributed by atoms with Gasteiger partial charge in [0, 0.05) is 26.8 Å². The van der Waals surface area contributed by atoms with Crippen molar-refractivity contribution in [2.45, 2.75) is 37.8 Å². The molecule has 1 fully saturated rings. The van der Waals surface area contributed by atoms with Crippen molar-refractivity contribution in [2.75, 3.05) is 13.7 Å². The lowest BCUT2D eigenvalue weighted by atomic mass is 9.85. The molecule has 0 bridgehead atoms. The highest BCUT2D eigenvalue weighted by atomic mass is 125. The van der Waals surface area contributed by atoms with E-state index in [9.17, 15) is 4.79 Å². The molecule has 3 rings (SSSR count). The zero-order chi connectivity index (χ0) is 19.9. The highest BCUT2D eigenvalue weighted by Gasteiger charge is 2.36. The number of rotatable bonds is 6. The molecular weight excluding hydrogens is 465 g/mol. The van der Waals surface area contributed by atoms with E-state index in [1.54, 1.807) is 0 Å². The number of hydrogen-bond acceptors (Lipinski definition) is 4. The molecule has 1 saturated heterocycles. The quantitative estimate of drug-likeness (QED) is 0.176. The van der Waals surface area contributed by atoms with Gasteiger partial charge >= 0.3 is 5.97 Å². The predicted molar refractivity (Wildman–Crippen MR) is 117 cm³/mol. The van der Waals surface area contributed by atoms with E-state index < -0.39 is 0 Å². The molecule has 2 aromatic rings. The van der Waals surface area contributed by atoms with Crippen molar-refractivity contribution in [1.82, 2.24) is 4.90 Å². The van der Waals surface area contributed by atoms with E-state index in [-0.39, 0.29) is 17.9 Å². The molecule has 1 aliphatic rings. The Balaban J connectivity index is 1.85. The van der Waals surface area contributed by atoms with Crippen LogP contribution in [0.2, 0.25) is 0 Å². The summed E-state index contributed by atoms with van der Waals surface area (Å²) in [5, 5.41) is 3.62. The standard InChI is InChI=1S/C21H23IN4O2/c1-28-21(27)20(16-7-9-17(22)10-8-16)19-4-2-3-13-26(19)14-15-5-11-18(12-6-15)24-25-23/h5-12,19-20H,2-4,13-14H2,1H3/t19-,20+/m0/s1/i22-2. The monoisotopic (exact) mass is 488 g/mol. The van der Waals surface area contributed by atoms with E-state index in [0.29, 0.717) is 5.69 Å². The zero-order valence-electron chi connectivity index (χ0n) is 15.8. The Hall–Kier alpha value is -2.09. The number of azide groups is 1. The minimum atomic E-state index is -0.301. The molecule has 0 unspecified atom stereocenters. The molecule has 146 valence electrons. The van der Waals surface area contributed by atoms with Crippen LogP contribution in [0.5, 0.6) is 0 Å². The van der Waals surface area contributed by atoms with E-state index in [1.807, 2.05) is 48.5 Å². The molecular formula is C21H23IN4O2. The number of piperidine rings is 1. The maximum atomic E-state index is 12.7. The zero-order valence-corrected chi connectivity index (χ0v) is 17.9. The minimum Gasteiger partial charge on any atom is -0.469 e. The van der Waals surface area contributed by atoms with Gasteiger partial charge in [-0.1, -0.05) is 47.9 Å². The van der Waals surface area contributed by atoms with Crippen molar-refractivity contribution in [3.05, 3.63) is 73.7 Å². The molecule has 7 heteroatoms. The molecule has 6 nitrogen and oxygen atoms in total. The third-order valence-corrected chi connectivity index (χ3v) is 5.93. The first-order valence-corrected chi connectivity index (χ1v) is 10.4. The van der Waals surface area contributed by atoms with Crippen molar-refractivity contribution >= 4 is 34.2 Å². The summed E-state index contributed by atoms with van der Waals surface area (Å²) in [6.45, 7) is 1.69. The highest BCUT2D eigenvalue weighted by Crippen LogP contribution is 2.33. The summed E-state index contributed by atoms with van der Waals surface area (Å²) in [7, 11) is 1.46. The fourth-order valence-electron chi connectivity index (χ4n) is 3.86. The molecule has 0 N–H and O–H groups in total. The molecule has 2 atom stereocenters. The minimum absolute atomic E-state index is 0.0954. The smallest absolute Gasteiger partial charge is 0.314 e. The predicted octanol–water partition coefficient (Wildman–Crippen LogP) is 5.54. The van der Waals surface area contributed by atoms with E-state index in [0.717, 1.165) is 47.0 Å². The number of nitrogens with zero attached hydrogens (tertiary/aromatic N) is 4. The van der Waals surface area contributed by atoms with Crippen molar-refractivity contribution in [2.24, 2.45) is 5.11 Å². The Morgan fingerprint density at radius 2 is 1.96 bits per heavy atom. The third-order valence-electron chi connectivity index (χ3n) is 5.22. The summed E-state index contributed by atoms with van der Waals surface area (Å²) in [4.78, 5) is 17.9. The van der Waals surface area contributed by atoms with Crippen LogP contribution in [-0.4, -0.2) is 30.6 Å². The maximum absolute atomic E-state index is 12.7. The van der Waals surface area contributed by atoms with Gasteiger partial charge in [0.1, 0.15) is 0 Å². The summed E-state index contributed by atoms with van der Waals surface area (Å²) in [6.07, 6.45) is 3.19. The lowest BCUT2D eigenvalue weighted by Crippen LogP contribution is -2.45. The molecule has 0 amide bonds. The highest BCUT2D eigenvalue weighted by molar-refractivity contribution is 14.1. The molecule has 0 radical (unpaired) electrons. The molecule has 0 spiro atoms. The fraction of sp³-hybridized carbons (Fsp3) is 0.381.